The highest BCUT2D eigenvalue weighted by Crippen LogP contribution is 2.62. The number of rotatable bonds is 17. The molecule has 0 spiro atoms. The van der Waals surface area contributed by atoms with Crippen molar-refractivity contribution in [1.82, 2.24) is 42.7 Å². The number of carbonyl (C=O) groups is 4. The van der Waals surface area contributed by atoms with Crippen molar-refractivity contribution in [3.8, 4) is 34.0 Å². The fourth-order valence-corrected chi connectivity index (χ4v) is 17.5. The molecule has 1 saturated heterocycles. The Hall–Kier alpha value is -7.18. The van der Waals surface area contributed by atoms with E-state index in [1.165, 1.54) is 25.2 Å². The Labute approximate surface area is 539 Å². The predicted octanol–water partition coefficient (Wildman–Crippen LogP) is 10.6. The molecule has 3 aliphatic heterocycles. The van der Waals surface area contributed by atoms with Crippen molar-refractivity contribution in [1.29, 1.82) is 0 Å². The lowest BCUT2D eigenvalue weighted by molar-refractivity contribution is 0.0488. The maximum atomic E-state index is 14.4. The molecule has 4 aromatic carbocycles. The normalized spacial score (nSPS) is 22.4. The first kappa shape index (κ1) is 63.6. The lowest BCUT2D eigenvalue weighted by Gasteiger charge is -2.29. The van der Waals surface area contributed by atoms with Crippen LogP contribution in [-0.4, -0.2) is 148 Å². The highest BCUT2D eigenvalue weighted by Gasteiger charge is 2.61. The van der Waals surface area contributed by atoms with Gasteiger partial charge < -0.3 is 43.6 Å². The summed E-state index contributed by atoms with van der Waals surface area (Å²) in [4.78, 5) is 58.3. The second kappa shape index (κ2) is 24.3. The SMILES string of the molecule is COc1ccc2c(c1)C1CC1(NC(=O)OC(C)(C)C)Cn1c-2c(C2CCCCC2)c2ccc(C(=O)NS(=O)(=O)N(C)CCN(C)S(=O)(=O)NC(=O)c3ccc4c(C5CCCCC5)c5n(c4c3)CC3(NC(=O)N(C)CC4CCOCC4)CC3c3cc(OC)ccc3-5)cc21. The monoisotopic (exact) mass is 1300 g/mol. The second-order valence-corrected chi connectivity index (χ2v) is 31.6. The first-order chi connectivity index (χ1) is 43.9. The van der Waals surface area contributed by atoms with Crippen molar-refractivity contribution in [2.45, 2.75) is 164 Å². The third-order valence-corrected chi connectivity index (χ3v) is 23.8. The number of likely N-dealkylation sites (N-methyl/N-ethyl adjacent to an activating group) is 2. The Morgan fingerprint density at radius 3 is 1.48 bits per heavy atom. The summed E-state index contributed by atoms with van der Waals surface area (Å²) in [5, 5.41) is 8.66. The van der Waals surface area contributed by atoms with E-state index >= 15 is 0 Å². The summed E-state index contributed by atoms with van der Waals surface area (Å²) < 4.78 is 89.8. The van der Waals surface area contributed by atoms with Crippen LogP contribution < -0.4 is 29.6 Å². The van der Waals surface area contributed by atoms with Crippen LogP contribution in [0.25, 0.3) is 44.3 Å². The standard InChI is InChI=1S/C69H87N9O12S2/c1-67(2,3)90-66(82)71-69-38-56(69)54-36-48(88-8)22-26-50(54)62-60(44-17-13-10-14-18-44)52-24-20-46(34-58(52)78(62)41-69)64(80)73-92(85,86)76(6)30-29-75(5)91(83,84)72-63(79)45-19-23-51-57(33-45)77-40-68(70-65(81)74(4)39-42-27-31-89-32-28-42)37-55(68)53-35-47(87-7)21-25-49(53)61(77)59(51)43-15-11-9-12-16-43/h19-26,33-36,42-44,55-56H,9-18,27-32,37-41H2,1-8H3,(H,70,81)(H,71,82)(H,72,79)(H,73,80). The van der Waals surface area contributed by atoms with E-state index in [0.717, 1.165) is 147 Å². The van der Waals surface area contributed by atoms with E-state index in [1.54, 1.807) is 43.4 Å². The number of hydrogen-bond acceptors (Lipinski definition) is 12. The van der Waals surface area contributed by atoms with Crippen molar-refractivity contribution in [3.63, 3.8) is 0 Å². The molecule has 5 amide bonds. The van der Waals surface area contributed by atoms with Crippen LogP contribution in [0.4, 0.5) is 9.59 Å². The van der Waals surface area contributed by atoms with Crippen molar-refractivity contribution in [3.05, 3.63) is 106 Å². The minimum atomic E-state index is -4.57. The molecule has 7 aliphatic rings. The zero-order valence-corrected chi connectivity index (χ0v) is 55.7. The molecule has 0 radical (unpaired) electrons. The molecule has 21 nitrogen and oxygen atoms in total. The Balaban J connectivity index is 0.735. The molecule has 492 valence electrons. The number of benzene rings is 4. The molecule has 4 aliphatic carbocycles. The zero-order valence-electron chi connectivity index (χ0n) is 54.1. The number of hydrogen-bond donors (Lipinski definition) is 4. The Bertz CT molecular complexity index is 4160. The number of methoxy groups -OCH3 is 2. The number of nitrogens with one attached hydrogen (secondary N) is 4. The van der Waals surface area contributed by atoms with E-state index < -0.39 is 55.0 Å². The summed E-state index contributed by atoms with van der Waals surface area (Å²) in [6.45, 7) is 7.47. The quantitative estimate of drug-likeness (QED) is 0.0667. The van der Waals surface area contributed by atoms with Crippen LogP contribution in [-0.2, 0) is 43.0 Å². The number of carbonyl (C=O) groups excluding carboxylic acids is 4. The maximum Gasteiger partial charge on any atom is 0.408 e. The van der Waals surface area contributed by atoms with Crippen LogP contribution in [0.3, 0.4) is 0 Å². The van der Waals surface area contributed by atoms with Crippen molar-refractivity contribution < 1.29 is 55.0 Å². The molecule has 0 bridgehead atoms. The smallest absolute Gasteiger partial charge is 0.408 e. The maximum absolute atomic E-state index is 14.4. The van der Waals surface area contributed by atoms with Gasteiger partial charge in [0.1, 0.15) is 17.1 Å². The van der Waals surface area contributed by atoms with E-state index in [4.69, 9.17) is 18.9 Å². The van der Waals surface area contributed by atoms with E-state index in [2.05, 4.69) is 53.5 Å². The van der Waals surface area contributed by atoms with Gasteiger partial charge in [-0.25, -0.2) is 19.0 Å². The van der Waals surface area contributed by atoms with Gasteiger partial charge in [-0.3, -0.25) is 9.59 Å². The van der Waals surface area contributed by atoms with Crippen molar-refractivity contribution >= 4 is 66.2 Å². The van der Waals surface area contributed by atoms with Gasteiger partial charge in [-0.15, -0.1) is 0 Å². The van der Waals surface area contributed by atoms with Crippen LogP contribution in [0.1, 0.15) is 177 Å². The largest absolute Gasteiger partial charge is 0.497 e. The molecule has 4 unspecified atom stereocenters. The molecule has 4 saturated carbocycles. The van der Waals surface area contributed by atoms with Gasteiger partial charge in [-0.2, -0.15) is 25.4 Å². The topological polar surface area (TPSA) is 241 Å². The minimum Gasteiger partial charge on any atom is -0.497 e. The number of urea groups is 1. The van der Waals surface area contributed by atoms with E-state index in [9.17, 15) is 36.0 Å². The van der Waals surface area contributed by atoms with Gasteiger partial charge in [-0.1, -0.05) is 50.7 Å². The molecular formula is C69H87N9O12S2. The van der Waals surface area contributed by atoms with Gasteiger partial charge in [0.15, 0.2) is 0 Å². The average molecular weight is 1300 g/mol. The number of alkyl carbamates (subject to hydrolysis) is 1. The third-order valence-electron chi connectivity index (χ3n) is 20.9. The summed E-state index contributed by atoms with van der Waals surface area (Å²) in [6, 6.07) is 22.7. The minimum absolute atomic E-state index is 0.0160. The highest BCUT2D eigenvalue weighted by atomic mass is 32.2. The summed E-state index contributed by atoms with van der Waals surface area (Å²) in [7, 11) is -1.51. The molecule has 6 aromatic rings. The van der Waals surface area contributed by atoms with Gasteiger partial charge in [0.05, 0.1) is 36.7 Å². The van der Waals surface area contributed by atoms with Crippen LogP contribution in [0, 0.1) is 5.92 Å². The molecule has 5 fully saturated rings. The molecule has 13 rings (SSSR count). The van der Waals surface area contributed by atoms with Gasteiger partial charge in [0.25, 0.3) is 11.8 Å². The summed E-state index contributed by atoms with van der Waals surface area (Å²) >= 11 is 0. The first-order valence-corrected chi connectivity index (χ1v) is 35.7. The number of aromatic nitrogens is 2. The highest BCUT2D eigenvalue weighted by molar-refractivity contribution is 7.88. The number of amides is 5. The second-order valence-electron chi connectivity index (χ2n) is 28.1. The van der Waals surface area contributed by atoms with Gasteiger partial charge >= 0.3 is 32.5 Å². The lowest BCUT2D eigenvalue weighted by atomic mass is 9.81. The van der Waals surface area contributed by atoms with Crippen LogP contribution in [0.2, 0.25) is 0 Å². The van der Waals surface area contributed by atoms with E-state index in [1.807, 2.05) is 52.1 Å². The first-order valence-electron chi connectivity index (χ1n) is 32.8. The van der Waals surface area contributed by atoms with Crippen molar-refractivity contribution in [2.24, 2.45) is 5.92 Å². The number of ether oxygens (including phenoxy) is 4. The van der Waals surface area contributed by atoms with Gasteiger partial charge in [0, 0.05) is 123 Å². The molecule has 4 atom stereocenters. The molecule has 2 aromatic heterocycles. The molecule has 23 heteroatoms. The van der Waals surface area contributed by atoms with Crippen LogP contribution >= 0.6 is 0 Å². The number of fused-ring (bicyclic) bond motifs is 14. The Kier molecular flexibility index (Phi) is 16.8. The number of nitrogens with zero attached hydrogens (tertiary/aromatic N) is 5. The van der Waals surface area contributed by atoms with E-state index in [-0.39, 0.29) is 53.9 Å². The summed E-state index contributed by atoms with van der Waals surface area (Å²) in [6.07, 6.45) is 13.2. The van der Waals surface area contributed by atoms with E-state index in [0.29, 0.717) is 57.4 Å². The fraction of sp³-hybridized carbons (Fsp3) is 0.536. The average Bonchev–Trinajstić information content (AvgIpc) is 1.54. The molecule has 4 N–H and O–H groups in total. The predicted molar refractivity (Wildman–Crippen MR) is 352 cm³/mol. The Morgan fingerprint density at radius 2 is 1.04 bits per heavy atom. The summed E-state index contributed by atoms with van der Waals surface area (Å²) in [5.74, 6) is 0.384. The summed E-state index contributed by atoms with van der Waals surface area (Å²) in [5.41, 5.74) is 8.14. The Morgan fingerprint density at radius 1 is 0.598 bits per heavy atom. The van der Waals surface area contributed by atoms with Gasteiger partial charge in [0.2, 0.25) is 0 Å². The molecule has 92 heavy (non-hydrogen) atoms. The fourth-order valence-electron chi connectivity index (χ4n) is 15.8. The lowest BCUT2D eigenvalue weighted by Crippen LogP contribution is -2.48. The molecular weight excluding hydrogens is 1210 g/mol. The third kappa shape index (κ3) is 12.0. The molecule has 5 heterocycles. The van der Waals surface area contributed by atoms with Crippen LogP contribution in [0.5, 0.6) is 11.5 Å². The zero-order chi connectivity index (χ0) is 64.8. The van der Waals surface area contributed by atoms with Crippen molar-refractivity contribution in [2.75, 3.05) is 68.2 Å². The van der Waals surface area contributed by atoms with Crippen LogP contribution in [0.15, 0.2) is 72.8 Å². The van der Waals surface area contributed by atoms with Gasteiger partial charge in [-0.05, 0) is 173 Å².